The van der Waals surface area contributed by atoms with Crippen LogP contribution in [0.2, 0.25) is 5.02 Å². The normalized spacial score (nSPS) is 14.7. The monoisotopic (exact) mass is 942 g/mol. The summed E-state index contributed by atoms with van der Waals surface area (Å²) in [5.74, 6) is -1.51. The quantitative estimate of drug-likeness (QED) is 0.0376. The second-order valence-corrected chi connectivity index (χ2v) is 20.3. The van der Waals surface area contributed by atoms with E-state index in [9.17, 15) is 33.3 Å². The Labute approximate surface area is 389 Å². The van der Waals surface area contributed by atoms with Crippen LogP contribution >= 0.6 is 18.7 Å². The molecule has 2 aliphatic heterocycles. The Bertz CT molecular complexity index is 2550. The van der Waals surface area contributed by atoms with E-state index in [4.69, 9.17) is 21.1 Å². The molecule has 1 unspecified atom stereocenters. The number of nitrogens with one attached hydrogen (secondary N) is 4. The zero-order chi connectivity index (χ0) is 47.5. The minimum atomic E-state index is -2.58. The second kappa shape index (κ2) is 22.2. The first-order valence-corrected chi connectivity index (χ1v) is 24.9. The van der Waals surface area contributed by atoms with Gasteiger partial charge in [0.1, 0.15) is 29.7 Å². The molecule has 6 amide bonds. The Morgan fingerprint density at radius 1 is 0.939 bits per heavy atom. The van der Waals surface area contributed by atoms with E-state index in [1.165, 1.54) is 24.4 Å². The molecule has 4 aromatic rings. The smallest absolute Gasteiger partial charge is 0.266 e. The largest absolute Gasteiger partial charge is 0.495 e. The summed E-state index contributed by atoms with van der Waals surface area (Å²) in [7, 11) is 0.824. The third-order valence-electron chi connectivity index (χ3n) is 11.5. The molecule has 2 aliphatic rings. The van der Waals surface area contributed by atoms with Crippen LogP contribution in [0.4, 0.5) is 23.1 Å². The first-order valence-electron chi connectivity index (χ1n) is 21.9. The number of imide groups is 2. The average Bonchev–Trinajstić information content (AvgIpc) is 3.54. The van der Waals surface area contributed by atoms with Gasteiger partial charge in [-0.15, -0.1) is 0 Å². The Balaban J connectivity index is 0.862. The van der Waals surface area contributed by atoms with Gasteiger partial charge in [0, 0.05) is 38.3 Å². The van der Waals surface area contributed by atoms with Crippen LogP contribution in [0.5, 0.6) is 11.5 Å². The van der Waals surface area contributed by atoms with E-state index in [-0.39, 0.29) is 54.1 Å². The standard InChI is InChI=1S/C47H56ClN8O9P/c1-29-25-34(52-47-50-27-32(48)43(54-47)51-33-16-11-12-18-38(33)66(4,5)63)37(64-3)26-30(29)22-24-55(2)41(59)19-10-8-6-7-9-13-23-49-40(58)28-65-36-17-14-15-31-42(36)46(62)56(45(31)61)35-20-21-39(57)53-44(35)60/h11-12,14-18,25-27,35H,6-10,13,19-24,28H2,1-5H3,(H,49,58)(H,53,57,60)(H2,50,51,52,54). The van der Waals surface area contributed by atoms with Crippen LogP contribution < -0.4 is 36.0 Å². The lowest BCUT2D eigenvalue weighted by Gasteiger charge is -2.27. The number of unbranched alkanes of at least 4 members (excludes halogenated alkanes) is 5. The summed E-state index contributed by atoms with van der Waals surface area (Å²) in [4.78, 5) is 87.3. The van der Waals surface area contributed by atoms with E-state index in [1.54, 1.807) is 25.3 Å². The summed E-state index contributed by atoms with van der Waals surface area (Å²) in [6.45, 7) is 6.04. The fourth-order valence-electron chi connectivity index (χ4n) is 7.82. The molecule has 17 nitrogen and oxygen atoms in total. The van der Waals surface area contributed by atoms with Gasteiger partial charge in [0.05, 0.1) is 35.8 Å². The van der Waals surface area contributed by atoms with Crippen LogP contribution in [0.3, 0.4) is 0 Å². The van der Waals surface area contributed by atoms with Gasteiger partial charge < -0.3 is 34.9 Å². The summed E-state index contributed by atoms with van der Waals surface area (Å²) in [6.07, 6.45) is 7.90. The summed E-state index contributed by atoms with van der Waals surface area (Å²) in [6, 6.07) is 14.6. The molecule has 0 aliphatic carbocycles. The lowest BCUT2D eigenvalue weighted by Crippen LogP contribution is -2.54. The molecule has 1 atom stereocenters. The van der Waals surface area contributed by atoms with Crippen LogP contribution in [0.25, 0.3) is 0 Å². The van der Waals surface area contributed by atoms with Crippen molar-refractivity contribution in [2.75, 3.05) is 57.8 Å². The first-order chi connectivity index (χ1) is 31.5. The van der Waals surface area contributed by atoms with Crippen LogP contribution in [0.15, 0.2) is 60.8 Å². The molecule has 0 bridgehead atoms. The third-order valence-corrected chi connectivity index (χ3v) is 13.3. The van der Waals surface area contributed by atoms with Crippen molar-refractivity contribution in [3.05, 3.63) is 88.1 Å². The summed E-state index contributed by atoms with van der Waals surface area (Å²) < 4.78 is 24.3. The number of carbonyl (C=O) groups excluding carboxylic acids is 6. The van der Waals surface area contributed by atoms with E-state index in [1.807, 2.05) is 50.4 Å². The predicted octanol–water partition coefficient (Wildman–Crippen LogP) is 6.51. The highest BCUT2D eigenvalue weighted by molar-refractivity contribution is 7.70. The fourth-order valence-corrected chi connectivity index (χ4v) is 9.11. The molecule has 19 heteroatoms. The van der Waals surface area contributed by atoms with Gasteiger partial charge in [0.15, 0.2) is 12.4 Å². The molecule has 1 saturated heterocycles. The van der Waals surface area contributed by atoms with Crippen LogP contribution in [0, 0.1) is 6.92 Å². The average molecular weight is 943 g/mol. The summed E-state index contributed by atoms with van der Waals surface area (Å²) >= 11 is 6.46. The molecule has 1 fully saturated rings. The lowest BCUT2D eigenvalue weighted by atomic mass is 10.0. The van der Waals surface area contributed by atoms with Gasteiger partial charge in [0.25, 0.3) is 17.7 Å². The van der Waals surface area contributed by atoms with Crippen LogP contribution in [0.1, 0.15) is 89.6 Å². The molecule has 6 rings (SSSR count). The van der Waals surface area contributed by atoms with Crippen molar-refractivity contribution in [3.63, 3.8) is 0 Å². The van der Waals surface area contributed by atoms with Gasteiger partial charge >= 0.3 is 0 Å². The zero-order valence-corrected chi connectivity index (χ0v) is 39.5. The van der Waals surface area contributed by atoms with Gasteiger partial charge in [0.2, 0.25) is 23.7 Å². The number of fused-ring (bicyclic) bond motifs is 1. The van der Waals surface area contributed by atoms with Gasteiger partial charge in [-0.05, 0) is 93.5 Å². The molecule has 0 radical (unpaired) electrons. The third kappa shape index (κ3) is 12.3. The van der Waals surface area contributed by atoms with Gasteiger partial charge in [-0.25, -0.2) is 4.98 Å². The molecule has 66 heavy (non-hydrogen) atoms. The van der Waals surface area contributed by atoms with Gasteiger partial charge in [-0.2, -0.15) is 4.98 Å². The Morgan fingerprint density at radius 3 is 2.42 bits per heavy atom. The fraction of sp³-hybridized carbons (Fsp3) is 0.404. The number of hydrogen-bond acceptors (Lipinski definition) is 13. The number of piperidine rings is 1. The number of likely N-dealkylation sites (N-methyl/N-ethyl adjacent to an activating group) is 1. The van der Waals surface area contributed by atoms with Gasteiger partial charge in [-0.3, -0.25) is 39.0 Å². The highest BCUT2D eigenvalue weighted by Crippen LogP contribution is 2.39. The maximum atomic E-state index is 13.2. The summed E-state index contributed by atoms with van der Waals surface area (Å²) in [5.41, 5.74) is 3.42. The van der Waals surface area contributed by atoms with Crippen LogP contribution in [-0.4, -0.2) is 108 Å². The number of anilines is 4. The number of benzene rings is 3. The first kappa shape index (κ1) is 49.1. The Kier molecular flexibility index (Phi) is 16.6. The van der Waals surface area contributed by atoms with Gasteiger partial charge in [-0.1, -0.05) is 55.5 Å². The molecule has 350 valence electrons. The van der Waals surface area contributed by atoms with E-state index >= 15 is 0 Å². The van der Waals surface area contributed by atoms with Crippen molar-refractivity contribution in [3.8, 4) is 11.5 Å². The van der Waals surface area contributed by atoms with E-state index in [0.717, 1.165) is 54.6 Å². The lowest BCUT2D eigenvalue weighted by molar-refractivity contribution is -0.136. The van der Waals surface area contributed by atoms with E-state index in [2.05, 4.69) is 31.2 Å². The minimum Gasteiger partial charge on any atom is -0.495 e. The number of amides is 6. The number of para-hydroxylation sites is 1. The minimum absolute atomic E-state index is 0.0105. The number of rotatable bonds is 22. The number of carbonyl (C=O) groups is 6. The van der Waals surface area contributed by atoms with Crippen molar-refractivity contribution >= 4 is 82.6 Å². The number of nitrogens with zero attached hydrogens (tertiary/aromatic N) is 4. The Morgan fingerprint density at radius 2 is 1.68 bits per heavy atom. The summed E-state index contributed by atoms with van der Waals surface area (Å²) in [5, 5.41) is 12.4. The maximum Gasteiger partial charge on any atom is 0.266 e. The zero-order valence-electron chi connectivity index (χ0n) is 37.8. The van der Waals surface area contributed by atoms with Crippen molar-refractivity contribution in [1.82, 2.24) is 30.4 Å². The SMILES string of the molecule is COc1cc(CCN(C)C(=O)CCCCCCCCNC(=O)COc2cccc3c2C(=O)N(C2CCC(=O)NC2=O)C3=O)c(C)cc1Nc1ncc(Cl)c(Nc2ccccc2P(C)(C)=O)n1. The number of halogens is 1. The van der Waals surface area contributed by atoms with E-state index < -0.39 is 36.8 Å². The number of aromatic nitrogens is 2. The highest BCUT2D eigenvalue weighted by Gasteiger charge is 2.46. The molecular formula is C47H56ClN8O9P. The number of aryl methyl sites for hydroxylation is 1. The van der Waals surface area contributed by atoms with E-state index in [0.29, 0.717) is 59.2 Å². The molecule has 4 N–H and O–H groups in total. The Hall–Kier alpha value is -6.32. The highest BCUT2D eigenvalue weighted by atomic mass is 35.5. The van der Waals surface area contributed by atoms with Crippen molar-refractivity contribution in [1.29, 1.82) is 0 Å². The topological polar surface area (TPSA) is 218 Å². The number of methoxy groups -OCH3 is 1. The molecular weight excluding hydrogens is 887 g/mol. The van der Waals surface area contributed by atoms with Crippen molar-refractivity contribution in [2.45, 2.75) is 77.2 Å². The predicted molar refractivity (Wildman–Crippen MR) is 252 cm³/mol. The van der Waals surface area contributed by atoms with Crippen LogP contribution in [-0.2, 0) is 30.2 Å². The molecule has 3 aromatic carbocycles. The number of hydrogen-bond donors (Lipinski definition) is 4. The number of ether oxygens (including phenoxy) is 2. The molecule has 0 saturated carbocycles. The molecule has 1 aromatic heterocycles. The van der Waals surface area contributed by atoms with Crippen molar-refractivity contribution < 1.29 is 42.8 Å². The molecule has 0 spiro atoms. The second-order valence-electron chi connectivity index (χ2n) is 16.7. The van der Waals surface area contributed by atoms with Crippen molar-refractivity contribution in [2.24, 2.45) is 0 Å². The maximum absolute atomic E-state index is 13.2. The molecule has 3 heterocycles.